The number of benzene rings is 1. The molecule has 4 rings (SSSR count). The standard InChI is InChI=1S/C17H19N7O/c1-11-19-16-15(3-2-10-24(16)23-11)21-17(25)20-13-6-4-12(5-7-13)14-8-9-18-22-14/h4-9,15H,2-3,10H2,1H3,(H,18,22)(H2,20,21,25)/t15-/m1/s1. The van der Waals surface area contributed by atoms with Crippen molar-refractivity contribution in [2.75, 3.05) is 5.32 Å². The number of carbonyl (C=O) groups is 1. The Bertz CT molecular complexity index is 867. The number of aromatic amines is 1. The Kier molecular flexibility index (Phi) is 3.93. The summed E-state index contributed by atoms with van der Waals surface area (Å²) in [6.07, 6.45) is 3.55. The molecular formula is C17H19N7O. The van der Waals surface area contributed by atoms with Gasteiger partial charge in [-0.1, -0.05) is 12.1 Å². The van der Waals surface area contributed by atoms with Crippen LogP contribution in [0.15, 0.2) is 36.5 Å². The maximum Gasteiger partial charge on any atom is 0.319 e. The number of aromatic nitrogens is 5. The largest absolute Gasteiger partial charge is 0.328 e. The fourth-order valence-corrected chi connectivity index (χ4v) is 3.08. The summed E-state index contributed by atoms with van der Waals surface area (Å²) < 4.78 is 1.88. The molecule has 1 atom stereocenters. The van der Waals surface area contributed by atoms with Gasteiger partial charge in [-0.2, -0.15) is 10.2 Å². The molecule has 3 N–H and O–H groups in total. The molecule has 0 radical (unpaired) electrons. The molecule has 2 aromatic heterocycles. The first-order valence-electron chi connectivity index (χ1n) is 8.28. The van der Waals surface area contributed by atoms with Crippen molar-refractivity contribution in [3.05, 3.63) is 48.2 Å². The van der Waals surface area contributed by atoms with Gasteiger partial charge in [-0.25, -0.2) is 14.5 Å². The van der Waals surface area contributed by atoms with Crippen LogP contribution in [0.5, 0.6) is 0 Å². The van der Waals surface area contributed by atoms with Gasteiger partial charge in [-0.3, -0.25) is 5.10 Å². The molecule has 0 fully saturated rings. The maximum absolute atomic E-state index is 12.3. The number of rotatable bonds is 3. The zero-order valence-electron chi connectivity index (χ0n) is 13.9. The summed E-state index contributed by atoms with van der Waals surface area (Å²) in [6, 6.07) is 9.14. The van der Waals surface area contributed by atoms with Crippen LogP contribution in [0.3, 0.4) is 0 Å². The van der Waals surface area contributed by atoms with Crippen LogP contribution in [-0.2, 0) is 6.54 Å². The quantitative estimate of drug-likeness (QED) is 0.684. The van der Waals surface area contributed by atoms with Crippen molar-refractivity contribution in [3.63, 3.8) is 0 Å². The summed E-state index contributed by atoms with van der Waals surface area (Å²) in [4.78, 5) is 16.7. The lowest BCUT2D eigenvalue weighted by Gasteiger charge is -2.23. The number of aryl methyl sites for hydroxylation is 2. The number of nitrogens with one attached hydrogen (secondary N) is 3. The molecule has 0 unspecified atom stereocenters. The molecule has 1 aliphatic rings. The van der Waals surface area contributed by atoms with E-state index in [0.717, 1.165) is 48.0 Å². The highest BCUT2D eigenvalue weighted by atomic mass is 16.2. The van der Waals surface area contributed by atoms with E-state index >= 15 is 0 Å². The van der Waals surface area contributed by atoms with Gasteiger partial charge in [0.2, 0.25) is 0 Å². The zero-order chi connectivity index (χ0) is 17.2. The topological polar surface area (TPSA) is 101 Å². The molecule has 0 spiro atoms. The second-order valence-electron chi connectivity index (χ2n) is 6.08. The fraction of sp³-hybridized carbons (Fsp3) is 0.294. The summed E-state index contributed by atoms with van der Waals surface area (Å²) in [7, 11) is 0. The molecule has 0 aliphatic carbocycles. The van der Waals surface area contributed by atoms with Crippen LogP contribution >= 0.6 is 0 Å². The van der Waals surface area contributed by atoms with E-state index < -0.39 is 0 Å². The van der Waals surface area contributed by atoms with E-state index in [0.29, 0.717) is 0 Å². The minimum absolute atomic E-state index is 0.112. The third-order valence-corrected chi connectivity index (χ3v) is 4.24. The molecule has 3 heterocycles. The van der Waals surface area contributed by atoms with Crippen LogP contribution in [0.2, 0.25) is 0 Å². The molecule has 1 aliphatic heterocycles. The van der Waals surface area contributed by atoms with Crippen LogP contribution < -0.4 is 10.6 Å². The van der Waals surface area contributed by atoms with Crippen molar-refractivity contribution in [3.8, 4) is 11.3 Å². The Morgan fingerprint density at radius 3 is 2.88 bits per heavy atom. The predicted molar refractivity (Wildman–Crippen MR) is 92.9 cm³/mol. The molecule has 128 valence electrons. The van der Waals surface area contributed by atoms with Crippen molar-refractivity contribution in [1.29, 1.82) is 0 Å². The van der Waals surface area contributed by atoms with E-state index in [9.17, 15) is 4.79 Å². The molecular weight excluding hydrogens is 318 g/mol. The van der Waals surface area contributed by atoms with Gasteiger partial charge in [0.05, 0.1) is 11.7 Å². The maximum atomic E-state index is 12.3. The Morgan fingerprint density at radius 1 is 1.28 bits per heavy atom. The van der Waals surface area contributed by atoms with Crippen LogP contribution in [-0.4, -0.2) is 31.0 Å². The zero-order valence-corrected chi connectivity index (χ0v) is 13.9. The van der Waals surface area contributed by atoms with E-state index in [2.05, 4.69) is 30.9 Å². The first-order valence-corrected chi connectivity index (χ1v) is 8.28. The first kappa shape index (κ1) is 15.4. The molecule has 1 aromatic carbocycles. The highest BCUT2D eigenvalue weighted by Gasteiger charge is 2.24. The van der Waals surface area contributed by atoms with Crippen molar-refractivity contribution in [2.45, 2.75) is 32.4 Å². The van der Waals surface area contributed by atoms with Crippen molar-refractivity contribution < 1.29 is 4.79 Å². The van der Waals surface area contributed by atoms with Crippen LogP contribution in [0, 0.1) is 6.92 Å². The SMILES string of the molecule is Cc1nc2n(n1)CCC[C@H]2NC(=O)Nc1ccc(-c2ccn[nH]2)cc1. The normalized spacial score (nSPS) is 16.3. The highest BCUT2D eigenvalue weighted by Crippen LogP contribution is 2.23. The number of carbonyl (C=O) groups excluding carboxylic acids is 1. The average Bonchev–Trinajstić information content (AvgIpc) is 3.25. The minimum Gasteiger partial charge on any atom is -0.328 e. The van der Waals surface area contributed by atoms with E-state index in [1.54, 1.807) is 6.20 Å². The lowest BCUT2D eigenvalue weighted by molar-refractivity contribution is 0.244. The Balaban J connectivity index is 1.41. The summed E-state index contributed by atoms with van der Waals surface area (Å²) in [5.74, 6) is 1.56. The number of fused-ring (bicyclic) bond motifs is 1. The van der Waals surface area contributed by atoms with Crippen molar-refractivity contribution in [2.24, 2.45) is 0 Å². The number of hydrogen-bond donors (Lipinski definition) is 3. The first-order chi connectivity index (χ1) is 12.2. The lowest BCUT2D eigenvalue weighted by Crippen LogP contribution is -2.36. The number of nitrogens with zero attached hydrogens (tertiary/aromatic N) is 4. The Hall–Kier alpha value is -3.16. The number of urea groups is 1. The Morgan fingerprint density at radius 2 is 2.12 bits per heavy atom. The summed E-state index contributed by atoms with van der Waals surface area (Å²) in [5.41, 5.74) is 2.68. The second-order valence-corrected chi connectivity index (χ2v) is 6.08. The van der Waals surface area contributed by atoms with Gasteiger partial charge >= 0.3 is 6.03 Å². The van der Waals surface area contributed by atoms with E-state index in [-0.39, 0.29) is 12.1 Å². The summed E-state index contributed by atoms with van der Waals surface area (Å²) in [5, 5.41) is 17.1. The van der Waals surface area contributed by atoms with E-state index in [4.69, 9.17) is 0 Å². The van der Waals surface area contributed by atoms with Gasteiger partial charge in [0.25, 0.3) is 0 Å². The van der Waals surface area contributed by atoms with Crippen molar-refractivity contribution >= 4 is 11.7 Å². The number of hydrogen-bond acceptors (Lipinski definition) is 4. The molecule has 2 amide bonds. The third kappa shape index (κ3) is 3.23. The monoisotopic (exact) mass is 337 g/mol. The van der Waals surface area contributed by atoms with Gasteiger partial charge in [-0.05, 0) is 43.5 Å². The van der Waals surface area contributed by atoms with E-state index in [1.807, 2.05) is 41.9 Å². The Labute approximate surface area is 144 Å². The van der Waals surface area contributed by atoms with Gasteiger partial charge in [-0.15, -0.1) is 0 Å². The predicted octanol–water partition coefficient (Wildman–Crippen LogP) is 2.63. The number of amides is 2. The molecule has 0 saturated heterocycles. The highest BCUT2D eigenvalue weighted by molar-refractivity contribution is 5.89. The molecule has 3 aromatic rings. The molecule has 8 heteroatoms. The van der Waals surface area contributed by atoms with Crippen LogP contribution in [0.4, 0.5) is 10.5 Å². The van der Waals surface area contributed by atoms with Gasteiger partial charge < -0.3 is 10.6 Å². The molecule has 0 bridgehead atoms. The lowest BCUT2D eigenvalue weighted by atomic mass is 10.1. The molecule has 25 heavy (non-hydrogen) atoms. The average molecular weight is 337 g/mol. The van der Waals surface area contributed by atoms with Crippen molar-refractivity contribution in [1.82, 2.24) is 30.3 Å². The number of anilines is 1. The van der Waals surface area contributed by atoms with Crippen LogP contribution in [0.1, 0.15) is 30.5 Å². The van der Waals surface area contributed by atoms with Gasteiger partial charge in [0.15, 0.2) is 0 Å². The summed E-state index contributed by atoms with van der Waals surface area (Å²) >= 11 is 0. The molecule has 8 nitrogen and oxygen atoms in total. The van der Waals surface area contributed by atoms with Gasteiger partial charge in [0.1, 0.15) is 11.6 Å². The van der Waals surface area contributed by atoms with Gasteiger partial charge in [0, 0.05) is 18.4 Å². The summed E-state index contributed by atoms with van der Waals surface area (Å²) in [6.45, 7) is 2.72. The third-order valence-electron chi connectivity index (χ3n) is 4.24. The van der Waals surface area contributed by atoms with Crippen LogP contribution in [0.25, 0.3) is 11.3 Å². The number of H-pyrrole nitrogens is 1. The van der Waals surface area contributed by atoms with E-state index in [1.165, 1.54) is 0 Å². The minimum atomic E-state index is -0.242. The molecule has 0 saturated carbocycles. The smallest absolute Gasteiger partial charge is 0.319 e. The fourth-order valence-electron chi connectivity index (χ4n) is 3.08. The second kappa shape index (κ2) is 6.39.